The van der Waals surface area contributed by atoms with Gasteiger partial charge in [-0.05, 0) is 48.4 Å². The number of aliphatic hydroxyl groups excluding tert-OH is 2. The smallest absolute Gasteiger partial charge is 0.225 e. The maximum absolute atomic E-state index is 14.9. The molecule has 1 aromatic heterocycles. The number of hydrogen-bond donors (Lipinski definition) is 2. The van der Waals surface area contributed by atoms with Crippen LogP contribution in [0.1, 0.15) is 49.7 Å². The monoisotopic (exact) mass is 540 g/mol. The second-order valence-electron chi connectivity index (χ2n) is 9.65. The van der Waals surface area contributed by atoms with Gasteiger partial charge in [0, 0.05) is 51.4 Å². The molecular weight excluding hydrogens is 506 g/mol. The molecule has 2 aromatic rings. The largest absolute Gasteiger partial charge is 0.484 e. The first-order chi connectivity index (χ1) is 17.7. The van der Waals surface area contributed by atoms with Crippen LogP contribution in [0.5, 0.6) is 5.75 Å². The lowest BCUT2D eigenvalue weighted by Gasteiger charge is -2.33. The van der Waals surface area contributed by atoms with Crippen molar-refractivity contribution in [3.63, 3.8) is 0 Å². The van der Waals surface area contributed by atoms with Crippen LogP contribution in [0.3, 0.4) is 0 Å². The number of aromatic nitrogens is 2. The molecule has 2 aliphatic heterocycles. The Morgan fingerprint density at radius 3 is 2.19 bits per heavy atom. The van der Waals surface area contributed by atoms with Crippen molar-refractivity contribution in [1.29, 1.82) is 0 Å². The molecule has 204 valence electrons. The molecule has 1 atom stereocenters. The van der Waals surface area contributed by atoms with Crippen molar-refractivity contribution < 1.29 is 32.1 Å². The number of sulfonamides is 1. The molecule has 12 heteroatoms. The molecule has 3 heterocycles. The van der Waals surface area contributed by atoms with E-state index >= 15 is 0 Å². The SMILES string of the molecule is CCc1cnc(N2CCC(Oc3c(F)cc(C4CCN(S(=O)(=O)CC(O)CO)CC4)cc3F)CC2)nc1. The number of rotatable bonds is 9. The van der Waals surface area contributed by atoms with Crippen molar-refractivity contribution in [3.05, 3.63) is 47.3 Å². The van der Waals surface area contributed by atoms with Gasteiger partial charge in [-0.1, -0.05) is 6.92 Å². The minimum atomic E-state index is -3.72. The summed E-state index contributed by atoms with van der Waals surface area (Å²) in [5.41, 5.74) is 1.53. The zero-order chi connectivity index (χ0) is 26.6. The van der Waals surface area contributed by atoms with Gasteiger partial charge in [0.1, 0.15) is 6.10 Å². The zero-order valence-electron chi connectivity index (χ0n) is 20.9. The molecule has 4 rings (SSSR count). The maximum atomic E-state index is 14.9. The molecule has 0 aliphatic carbocycles. The minimum absolute atomic E-state index is 0.177. The normalized spacial score (nSPS) is 19.2. The van der Waals surface area contributed by atoms with Gasteiger partial charge in [-0.15, -0.1) is 0 Å². The fourth-order valence-electron chi connectivity index (χ4n) is 4.83. The number of anilines is 1. The van der Waals surface area contributed by atoms with Crippen LogP contribution in [0.25, 0.3) is 0 Å². The Balaban J connectivity index is 1.33. The van der Waals surface area contributed by atoms with Gasteiger partial charge in [0.2, 0.25) is 16.0 Å². The number of halogens is 2. The Morgan fingerprint density at radius 1 is 1.05 bits per heavy atom. The van der Waals surface area contributed by atoms with E-state index < -0.39 is 40.1 Å². The van der Waals surface area contributed by atoms with Crippen LogP contribution in [0.2, 0.25) is 0 Å². The average Bonchev–Trinajstić information content (AvgIpc) is 2.91. The van der Waals surface area contributed by atoms with Crippen LogP contribution < -0.4 is 9.64 Å². The van der Waals surface area contributed by atoms with Gasteiger partial charge >= 0.3 is 0 Å². The molecule has 1 unspecified atom stereocenters. The van der Waals surface area contributed by atoms with Gasteiger partial charge in [-0.25, -0.2) is 31.5 Å². The fourth-order valence-corrected chi connectivity index (χ4v) is 6.40. The lowest BCUT2D eigenvalue weighted by atomic mass is 9.90. The highest BCUT2D eigenvalue weighted by atomic mass is 32.2. The summed E-state index contributed by atoms with van der Waals surface area (Å²) in [5.74, 6) is -2.03. The molecule has 2 fully saturated rings. The van der Waals surface area contributed by atoms with E-state index in [1.165, 1.54) is 16.4 Å². The van der Waals surface area contributed by atoms with E-state index in [0.29, 0.717) is 50.3 Å². The standard InChI is InChI=1S/C25H34F2N4O5S/c1-2-17-13-28-25(29-14-17)30-7-5-21(6-8-30)36-24-22(26)11-19(12-23(24)27)18-3-9-31(10-4-18)37(34,35)16-20(33)15-32/h11-14,18,20-21,32-33H,2-10,15-16H2,1H3. The van der Waals surface area contributed by atoms with E-state index in [0.717, 1.165) is 12.0 Å². The van der Waals surface area contributed by atoms with E-state index in [2.05, 4.69) is 9.97 Å². The van der Waals surface area contributed by atoms with Crippen molar-refractivity contribution in [2.75, 3.05) is 43.4 Å². The number of piperidine rings is 2. The summed E-state index contributed by atoms with van der Waals surface area (Å²) in [6.45, 7) is 2.99. The first-order valence-corrected chi connectivity index (χ1v) is 14.3. The van der Waals surface area contributed by atoms with Crippen molar-refractivity contribution >= 4 is 16.0 Å². The second kappa shape index (κ2) is 12.0. The van der Waals surface area contributed by atoms with E-state index in [1.54, 1.807) is 0 Å². The second-order valence-corrected chi connectivity index (χ2v) is 11.7. The summed E-state index contributed by atoms with van der Waals surface area (Å²) in [5, 5.41) is 18.4. The van der Waals surface area contributed by atoms with Crippen LogP contribution in [0.4, 0.5) is 14.7 Å². The van der Waals surface area contributed by atoms with Gasteiger partial charge in [0.15, 0.2) is 17.4 Å². The van der Waals surface area contributed by atoms with Crippen molar-refractivity contribution in [3.8, 4) is 5.75 Å². The fraction of sp³-hybridized carbons (Fsp3) is 0.600. The Bertz CT molecular complexity index is 1130. The molecule has 0 amide bonds. The van der Waals surface area contributed by atoms with Crippen LogP contribution >= 0.6 is 0 Å². The molecule has 2 saturated heterocycles. The van der Waals surface area contributed by atoms with E-state index in [-0.39, 0.29) is 30.9 Å². The van der Waals surface area contributed by atoms with E-state index in [4.69, 9.17) is 9.84 Å². The summed E-state index contributed by atoms with van der Waals surface area (Å²) in [6.07, 6.45) is 4.76. The van der Waals surface area contributed by atoms with Crippen molar-refractivity contribution in [1.82, 2.24) is 14.3 Å². The number of benzene rings is 1. The van der Waals surface area contributed by atoms with Crippen molar-refractivity contribution in [2.45, 2.75) is 57.2 Å². The number of aryl methyl sites for hydroxylation is 1. The molecule has 37 heavy (non-hydrogen) atoms. The Hall–Kier alpha value is -2.41. The lowest BCUT2D eigenvalue weighted by molar-refractivity contribution is 0.111. The summed E-state index contributed by atoms with van der Waals surface area (Å²) >= 11 is 0. The molecule has 2 N–H and O–H groups in total. The van der Waals surface area contributed by atoms with Gasteiger partial charge in [-0.3, -0.25) is 0 Å². The third-order valence-electron chi connectivity index (χ3n) is 7.06. The van der Waals surface area contributed by atoms with Gasteiger partial charge in [0.25, 0.3) is 0 Å². The van der Waals surface area contributed by atoms with E-state index in [9.17, 15) is 22.3 Å². The summed E-state index contributed by atoms with van der Waals surface area (Å²) in [6, 6.07) is 2.56. The molecule has 2 aliphatic rings. The third-order valence-corrected chi connectivity index (χ3v) is 9.02. The highest BCUT2D eigenvalue weighted by Gasteiger charge is 2.31. The third kappa shape index (κ3) is 6.73. The Morgan fingerprint density at radius 2 is 1.65 bits per heavy atom. The summed E-state index contributed by atoms with van der Waals surface area (Å²) < 4.78 is 61.6. The topological polar surface area (TPSA) is 116 Å². The number of hydrogen-bond acceptors (Lipinski definition) is 8. The molecular formula is C25H34F2N4O5S. The Labute approximate surface area is 216 Å². The van der Waals surface area contributed by atoms with Gasteiger partial charge in [-0.2, -0.15) is 0 Å². The van der Waals surface area contributed by atoms with Crippen LogP contribution in [-0.4, -0.2) is 83.7 Å². The highest BCUT2D eigenvalue weighted by molar-refractivity contribution is 7.89. The van der Waals surface area contributed by atoms with E-state index in [1.807, 2.05) is 24.2 Å². The molecule has 0 saturated carbocycles. The van der Waals surface area contributed by atoms with Gasteiger partial charge < -0.3 is 19.8 Å². The highest BCUT2D eigenvalue weighted by Crippen LogP contribution is 2.34. The maximum Gasteiger partial charge on any atom is 0.225 e. The molecule has 1 aromatic carbocycles. The summed E-state index contributed by atoms with van der Waals surface area (Å²) in [4.78, 5) is 10.8. The number of aliphatic hydroxyl groups is 2. The molecule has 0 bridgehead atoms. The first-order valence-electron chi connectivity index (χ1n) is 12.7. The zero-order valence-corrected chi connectivity index (χ0v) is 21.7. The average molecular weight is 541 g/mol. The first kappa shape index (κ1) is 27.6. The number of nitrogens with zero attached hydrogens (tertiary/aromatic N) is 4. The van der Waals surface area contributed by atoms with Crippen molar-refractivity contribution in [2.24, 2.45) is 0 Å². The minimum Gasteiger partial charge on any atom is -0.484 e. The molecule has 0 radical (unpaired) electrons. The van der Waals surface area contributed by atoms with Crippen LogP contribution in [0.15, 0.2) is 24.5 Å². The predicted molar refractivity (Wildman–Crippen MR) is 134 cm³/mol. The molecule has 0 spiro atoms. The van der Waals surface area contributed by atoms with Gasteiger partial charge in [0.05, 0.1) is 18.5 Å². The number of ether oxygens (including phenoxy) is 1. The molecule has 9 nitrogen and oxygen atoms in total. The predicted octanol–water partition coefficient (Wildman–Crippen LogP) is 2.23. The summed E-state index contributed by atoms with van der Waals surface area (Å²) in [7, 11) is -3.72. The van der Waals surface area contributed by atoms with Crippen LogP contribution in [-0.2, 0) is 16.4 Å². The lowest BCUT2D eigenvalue weighted by Crippen LogP contribution is -2.42. The quantitative estimate of drug-likeness (QED) is 0.498. The Kier molecular flexibility index (Phi) is 8.94. The van der Waals surface area contributed by atoms with Crippen LogP contribution in [0, 0.1) is 11.6 Å².